The highest BCUT2D eigenvalue weighted by atomic mass is 16.5. The minimum atomic E-state index is -0.442. The molecule has 0 atom stereocenters. The fourth-order valence-corrected chi connectivity index (χ4v) is 1.79. The Labute approximate surface area is 99.7 Å². The molecule has 1 aliphatic rings. The molecule has 1 aromatic heterocycles. The van der Waals surface area contributed by atoms with Gasteiger partial charge in [-0.2, -0.15) is 5.10 Å². The summed E-state index contributed by atoms with van der Waals surface area (Å²) in [7, 11) is 2.95. The number of anilines is 1. The van der Waals surface area contributed by atoms with E-state index < -0.39 is 5.97 Å². The van der Waals surface area contributed by atoms with Crippen molar-refractivity contribution >= 4 is 11.8 Å². The van der Waals surface area contributed by atoms with Crippen LogP contribution in [0, 0.1) is 0 Å². The molecule has 0 saturated heterocycles. The van der Waals surface area contributed by atoms with E-state index in [0.717, 1.165) is 18.4 Å². The molecule has 2 rings (SSSR count). The third kappa shape index (κ3) is 2.26. The number of hydrogen-bond donors (Lipinski definition) is 1. The lowest BCUT2D eigenvalue weighted by atomic mass is 10.1. The molecule has 1 fully saturated rings. The van der Waals surface area contributed by atoms with Gasteiger partial charge in [-0.05, 0) is 12.8 Å². The zero-order chi connectivity index (χ0) is 12.4. The summed E-state index contributed by atoms with van der Waals surface area (Å²) < 4.78 is 11.5. The fourth-order valence-electron chi connectivity index (χ4n) is 1.79. The second kappa shape index (κ2) is 4.75. The monoisotopic (exact) mass is 239 g/mol. The van der Waals surface area contributed by atoms with Crippen molar-refractivity contribution in [3.63, 3.8) is 0 Å². The molecule has 17 heavy (non-hydrogen) atoms. The van der Waals surface area contributed by atoms with Crippen molar-refractivity contribution in [3.8, 4) is 0 Å². The summed E-state index contributed by atoms with van der Waals surface area (Å²) in [6.07, 6.45) is 2.70. The second-order valence-corrected chi connectivity index (χ2v) is 4.12. The summed E-state index contributed by atoms with van der Waals surface area (Å²) in [5.41, 5.74) is 7.06. The van der Waals surface area contributed by atoms with Crippen LogP contribution in [0.2, 0.25) is 0 Å². The Kier molecular flexibility index (Phi) is 3.33. The van der Waals surface area contributed by atoms with Crippen molar-refractivity contribution in [1.82, 2.24) is 9.78 Å². The minimum absolute atomic E-state index is 0.314. The van der Waals surface area contributed by atoms with E-state index in [4.69, 9.17) is 15.2 Å². The van der Waals surface area contributed by atoms with E-state index in [9.17, 15) is 4.79 Å². The number of carbonyl (C=O) groups excluding carboxylic acids is 1. The summed E-state index contributed by atoms with van der Waals surface area (Å²) >= 11 is 0. The Bertz CT molecular complexity index is 424. The van der Waals surface area contributed by atoms with Crippen LogP contribution in [0.15, 0.2) is 0 Å². The van der Waals surface area contributed by atoms with Crippen LogP contribution in [0.4, 0.5) is 5.82 Å². The van der Waals surface area contributed by atoms with Crippen molar-refractivity contribution in [2.75, 3.05) is 26.6 Å². The van der Waals surface area contributed by atoms with E-state index >= 15 is 0 Å². The van der Waals surface area contributed by atoms with Gasteiger partial charge in [0, 0.05) is 19.1 Å². The van der Waals surface area contributed by atoms with Crippen LogP contribution in [0.3, 0.4) is 0 Å². The van der Waals surface area contributed by atoms with E-state index in [1.54, 1.807) is 11.8 Å². The number of nitrogens with zero attached hydrogens (tertiary/aromatic N) is 2. The summed E-state index contributed by atoms with van der Waals surface area (Å²) in [6.45, 7) is 0.505. The number of ether oxygens (including phenoxy) is 2. The first kappa shape index (κ1) is 11.9. The van der Waals surface area contributed by atoms with Crippen LogP contribution >= 0.6 is 0 Å². The number of methoxy groups -OCH3 is 2. The van der Waals surface area contributed by atoms with Crippen molar-refractivity contribution < 1.29 is 14.3 Å². The normalized spacial score (nSPS) is 14.9. The Morgan fingerprint density at radius 3 is 2.76 bits per heavy atom. The number of hydrogen-bond acceptors (Lipinski definition) is 5. The Morgan fingerprint density at radius 1 is 1.53 bits per heavy atom. The highest BCUT2D eigenvalue weighted by molar-refractivity contribution is 5.90. The molecule has 1 heterocycles. The number of esters is 1. The van der Waals surface area contributed by atoms with Gasteiger partial charge in [-0.25, -0.2) is 9.48 Å². The molecule has 0 amide bonds. The first-order valence-electron chi connectivity index (χ1n) is 5.63. The number of nitrogens with two attached hydrogens (primary N) is 1. The van der Waals surface area contributed by atoms with Gasteiger partial charge in [-0.15, -0.1) is 0 Å². The highest BCUT2D eigenvalue weighted by Gasteiger charge is 2.31. The third-order valence-corrected chi connectivity index (χ3v) is 2.88. The lowest BCUT2D eigenvalue weighted by molar-refractivity contribution is 0.0591. The fraction of sp³-hybridized carbons (Fsp3) is 0.636. The average molecular weight is 239 g/mol. The maximum absolute atomic E-state index is 11.6. The van der Waals surface area contributed by atoms with Gasteiger partial charge < -0.3 is 15.2 Å². The largest absolute Gasteiger partial charge is 0.464 e. The van der Waals surface area contributed by atoms with Crippen LogP contribution in [0.1, 0.15) is 34.9 Å². The molecule has 0 aliphatic heterocycles. The van der Waals surface area contributed by atoms with E-state index in [2.05, 4.69) is 5.10 Å². The molecule has 1 aromatic rings. The molecule has 1 saturated carbocycles. The van der Waals surface area contributed by atoms with Crippen LogP contribution < -0.4 is 5.73 Å². The Morgan fingerprint density at radius 2 is 2.24 bits per heavy atom. The van der Waals surface area contributed by atoms with Gasteiger partial charge in [-0.1, -0.05) is 0 Å². The van der Waals surface area contributed by atoms with E-state index in [0.29, 0.717) is 30.6 Å². The number of nitrogen functional groups attached to an aromatic ring is 1. The Balaban J connectivity index is 2.33. The molecule has 6 nitrogen and oxygen atoms in total. The molecule has 6 heteroatoms. The first-order valence-corrected chi connectivity index (χ1v) is 5.63. The standard InChI is InChI=1S/C11H17N3O3/c1-16-6-5-8-9(11(15)17-2)13-14(10(8)12)7-3-4-7/h7H,3-6,12H2,1-2H3. The summed E-state index contributed by atoms with van der Waals surface area (Å²) in [6, 6.07) is 0.342. The topological polar surface area (TPSA) is 79.4 Å². The molecular weight excluding hydrogens is 222 g/mol. The molecule has 1 aliphatic carbocycles. The van der Waals surface area contributed by atoms with Gasteiger partial charge in [-0.3, -0.25) is 0 Å². The maximum atomic E-state index is 11.6. The summed E-state index contributed by atoms with van der Waals surface area (Å²) in [5.74, 6) is 0.118. The predicted octanol–water partition coefficient (Wildman–Crippen LogP) is 0.776. The second-order valence-electron chi connectivity index (χ2n) is 4.12. The van der Waals surface area contributed by atoms with Crippen LogP contribution in [0.5, 0.6) is 0 Å². The first-order chi connectivity index (χ1) is 8.19. The van der Waals surface area contributed by atoms with Crippen molar-refractivity contribution in [3.05, 3.63) is 11.3 Å². The van der Waals surface area contributed by atoms with Crippen LogP contribution in [0.25, 0.3) is 0 Å². The molecule has 0 unspecified atom stereocenters. The predicted molar refractivity (Wildman–Crippen MR) is 61.8 cm³/mol. The highest BCUT2D eigenvalue weighted by Crippen LogP contribution is 2.37. The Hall–Kier alpha value is -1.56. The summed E-state index contributed by atoms with van der Waals surface area (Å²) in [4.78, 5) is 11.6. The van der Waals surface area contributed by atoms with E-state index in [-0.39, 0.29) is 0 Å². The van der Waals surface area contributed by atoms with Gasteiger partial charge in [0.05, 0.1) is 19.8 Å². The van der Waals surface area contributed by atoms with Crippen molar-refractivity contribution in [2.24, 2.45) is 0 Å². The zero-order valence-corrected chi connectivity index (χ0v) is 10.1. The number of aromatic nitrogens is 2. The van der Waals surface area contributed by atoms with Crippen molar-refractivity contribution in [2.45, 2.75) is 25.3 Å². The van der Waals surface area contributed by atoms with Gasteiger partial charge >= 0.3 is 5.97 Å². The molecule has 0 radical (unpaired) electrons. The quantitative estimate of drug-likeness (QED) is 0.768. The molecule has 0 bridgehead atoms. The summed E-state index contributed by atoms with van der Waals surface area (Å²) in [5, 5.41) is 4.26. The van der Waals surface area contributed by atoms with Gasteiger partial charge in [0.1, 0.15) is 5.82 Å². The molecule has 0 spiro atoms. The zero-order valence-electron chi connectivity index (χ0n) is 10.1. The molecular formula is C11H17N3O3. The van der Waals surface area contributed by atoms with Gasteiger partial charge in [0.15, 0.2) is 5.69 Å². The molecule has 94 valence electrons. The maximum Gasteiger partial charge on any atom is 0.358 e. The molecule has 2 N–H and O–H groups in total. The van der Waals surface area contributed by atoms with Crippen molar-refractivity contribution in [1.29, 1.82) is 0 Å². The molecule has 0 aromatic carbocycles. The lowest BCUT2D eigenvalue weighted by Gasteiger charge is -2.02. The number of carbonyl (C=O) groups is 1. The van der Waals surface area contributed by atoms with E-state index in [1.807, 2.05) is 0 Å². The van der Waals surface area contributed by atoms with E-state index in [1.165, 1.54) is 7.11 Å². The minimum Gasteiger partial charge on any atom is -0.464 e. The van der Waals surface area contributed by atoms with Gasteiger partial charge in [0.2, 0.25) is 0 Å². The average Bonchev–Trinajstić information content (AvgIpc) is 3.11. The number of rotatable bonds is 5. The smallest absolute Gasteiger partial charge is 0.358 e. The SMILES string of the molecule is COCCc1c(C(=O)OC)nn(C2CC2)c1N. The van der Waals surface area contributed by atoms with Gasteiger partial charge in [0.25, 0.3) is 0 Å². The van der Waals surface area contributed by atoms with Crippen LogP contribution in [-0.4, -0.2) is 36.6 Å². The lowest BCUT2D eigenvalue weighted by Crippen LogP contribution is -2.07. The third-order valence-electron chi connectivity index (χ3n) is 2.88. The van der Waals surface area contributed by atoms with Crippen LogP contribution in [-0.2, 0) is 15.9 Å².